The van der Waals surface area contributed by atoms with E-state index in [1.165, 1.54) is 24.6 Å². The summed E-state index contributed by atoms with van der Waals surface area (Å²) < 4.78 is 11.0. The molecule has 0 fully saturated rings. The highest BCUT2D eigenvalue weighted by molar-refractivity contribution is 14.1. The lowest BCUT2D eigenvalue weighted by Crippen LogP contribution is -2.31. The highest BCUT2D eigenvalue weighted by atomic mass is 127. The number of carbonyl (C=O) groups excluding carboxylic acids is 1. The summed E-state index contributed by atoms with van der Waals surface area (Å²) in [4.78, 5) is 11.9. The fourth-order valence-electron chi connectivity index (χ4n) is 1.55. The zero-order valence-electron chi connectivity index (χ0n) is 12.6. The summed E-state index contributed by atoms with van der Waals surface area (Å²) in [5.74, 6) is -0.0392. The van der Waals surface area contributed by atoms with Crippen LogP contribution in [0.2, 0.25) is 0 Å². The third-order valence-corrected chi connectivity index (χ3v) is 3.43. The molecule has 0 aliphatic heterocycles. The van der Waals surface area contributed by atoms with Crippen molar-refractivity contribution in [1.82, 2.24) is 5.01 Å². The van der Waals surface area contributed by atoms with Gasteiger partial charge < -0.3 is 9.15 Å². The minimum Gasteiger partial charge on any atom is -0.463 e. The van der Waals surface area contributed by atoms with Crippen LogP contribution in [0.25, 0.3) is 0 Å². The van der Waals surface area contributed by atoms with E-state index in [1.807, 2.05) is 24.3 Å². The van der Waals surface area contributed by atoms with Gasteiger partial charge in [-0.2, -0.15) is 5.10 Å². The summed E-state index contributed by atoms with van der Waals surface area (Å²) in [6.45, 7) is 0. The maximum Gasteiger partial charge on any atom is 0.377 e. The van der Waals surface area contributed by atoms with Crippen molar-refractivity contribution >= 4 is 46.3 Å². The Morgan fingerprint density at radius 2 is 2.09 bits per heavy atom. The summed E-state index contributed by atoms with van der Waals surface area (Å²) in [5.41, 5.74) is 3.55. The number of halogens is 1. The number of likely N-dealkylation sites (N-methyl/N-ethyl adjacent to an activating group) is 1. The van der Waals surface area contributed by atoms with Crippen molar-refractivity contribution in [2.45, 2.75) is 0 Å². The van der Waals surface area contributed by atoms with Crippen LogP contribution in [-0.2, 0) is 9.53 Å². The molecule has 1 N–H and O–H groups in total. The first-order valence-electron chi connectivity index (χ1n) is 6.59. The van der Waals surface area contributed by atoms with Crippen LogP contribution in [0, 0.1) is 3.57 Å². The third kappa shape index (κ3) is 5.09. The fourth-order valence-corrected chi connectivity index (χ4v) is 1.91. The average Bonchev–Trinajstić information content (AvgIpc) is 3.08. The summed E-state index contributed by atoms with van der Waals surface area (Å²) in [7, 11) is 2.87. The lowest BCUT2D eigenvalue weighted by Gasteiger charge is -2.13. The first-order valence-corrected chi connectivity index (χ1v) is 7.67. The largest absolute Gasteiger partial charge is 0.463 e. The van der Waals surface area contributed by atoms with E-state index in [1.54, 1.807) is 19.2 Å². The lowest BCUT2D eigenvalue weighted by atomic mass is 10.3. The van der Waals surface area contributed by atoms with Crippen molar-refractivity contribution in [3.63, 3.8) is 0 Å². The van der Waals surface area contributed by atoms with E-state index in [0.717, 1.165) is 9.26 Å². The molecular weight excluding hydrogens is 411 g/mol. The van der Waals surface area contributed by atoms with E-state index in [-0.39, 0.29) is 5.84 Å². The Morgan fingerprint density at radius 3 is 2.70 bits per heavy atom. The molecule has 23 heavy (non-hydrogen) atoms. The number of ether oxygens (including phenoxy) is 1. The lowest BCUT2D eigenvalue weighted by molar-refractivity contribution is -0.133. The van der Waals surface area contributed by atoms with Gasteiger partial charge in [-0.15, -0.1) is 5.10 Å². The molecule has 0 spiro atoms. The van der Waals surface area contributed by atoms with Crippen molar-refractivity contribution in [3.8, 4) is 0 Å². The van der Waals surface area contributed by atoms with Gasteiger partial charge in [0.1, 0.15) is 5.76 Å². The second-order valence-corrected chi connectivity index (χ2v) is 5.57. The van der Waals surface area contributed by atoms with Crippen LogP contribution in [0.15, 0.2) is 57.3 Å². The maximum absolute atomic E-state index is 11.9. The monoisotopic (exact) mass is 426 g/mol. The predicted molar refractivity (Wildman–Crippen MR) is 96.3 cm³/mol. The van der Waals surface area contributed by atoms with E-state index in [4.69, 9.17) is 9.15 Å². The van der Waals surface area contributed by atoms with Crippen LogP contribution in [0.4, 0.5) is 5.69 Å². The van der Waals surface area contributed by atoms with Gasteiger partial charge in [-0.05, 0) is 59.0 Å². The molecule has 8 heteroatoms. The van der Waals surface area contributed by atoms with Crippen molar-refractivity contribution in [3.05, 3.63) is 52.0 Å². The predicted octanol–water partition coefficient (Wildman–Crippen LogP) is 2.75. The normalized spacial score (nSPS) is 11.5. The van der Waals surface area contributed by atoms with E-state index >= 15 is 0 Å². The minimum absolute atomic E-state index is 0.00820. The van der Waals surface area contributed by atoms with Gasteiger partial charge in [-0.1, -0.05) is 0 Å². The molecule has 2 aromatic rings. The molecule has 0 amide bonds. The number of nitrogens with zero attached hydrogens (tertiary/aromatic N) is 3. The molecule has 0 bridgehead atoms. The number of anilines is 1. The van der Waals surface area contributed by atoms with Crippen LogP contribution in [0.5, 0.6) is 0 Å². The van der Waals surface area contributed by atoms with Crippen molar-refractivity contribution < 1.29 is 13.9 Å². The van der Waals surface area contributed by atoms with E-state index < -0.39 is 5.97 Å². The molecule has 0 atom stereocenters. The molecule has 0 aliphatic carbocycles. The Labute approximate surface area is 147 Å². The third-order valence-electron chi connectivity index (χ3n) is 2.71. The van der Waals surface area contributed by atoms with Gasteiger partial charge in [0, 0.05) is 10.6 Å². The van der Waals surface area contributed by atoms with Crippen LogP contribution in [-0.4, -0.2) is 37.2 Å². The van der Waals surface area contributed by atoms with Gasteiger partial charge in [0.05, 0.1) is 25.3 Å². The smallest absolute Gasteiger partial charge is 0.377 e. The van der Waals surface area contributed by atoms with Crippen LogP contribution < -0.4 is 5.43 Å². The van der Waals surface area contributed by atoms with Crippen molar-refractivity contribution in [2.24, 2.45) is 10.2 Å². The molecular formula is C15H15IN4O3. The number of furan rings is 1. The van der Waals surface area contributed by atoms with Gasteiger partial charge in [0.25, 0.3) is 5.84 Å². The second-order valence-electron chi connectivity index (χ2n) is 4.33. The molecule has 1 aromatic heterocycles. The highest BCUT2D eigenvalue weighted by Crippen LogP contribution is 2.11. The van der Waals surface area contributed by atoms with E-state index in [2.05, 4.69) is 38.2 Å². The van der Waals surface area contributed by atoms with Gasteiger partial charge in [0.2, 0.25) is 0 Å². The molecule has 0 aliphatic rings. The first kappa shape index (κ1) is 17.0. The van der Waals surface area contributed by atoms with E-state index in [0.29, 0.717) is 5.76 Å². The molecule has 1 aromatic carbocycles. The summed E-state index contributed by atoms with van der Waals surface area (Å²) >= 11 is 2.21. The number of rotatable bonds is 4. The number of hydrazone groups is 2. The number of carbonyl (C=O) groups is 1. The van der Waals surface area contributed by atoms with Gasteiger partial charge in [-0.25, -0.2) is 9.80 Å². The van der Waals surface area contributed by atoms with Crippen molar-refractivity contribution in [1.29, 1.82) is 0 Å². The molecule has 0 saturated carbocycles. The molecule has 2 rings (SSSR count). The molecule has 0 saturated heterocycles. The average molecular weight is 426 g/mol. The molecule has 7 nitrogen and oxygen atoms in total. The number of methoxy groups -OCH3 is 1. The topological polar surface area (TPSA) is 79.4 Å². The number of esters is 1. The minimum atomic E-state index is -0.609. The Bertz CT molecular complexity index is 696. The Balaban J connectivity index is 2.13. The quantitative estimate of drug-likeness (QED) is 0.268. The standard InChI is InChI=1S/C15H15IN4O3/c1-20(17-10-13-4-3-9-23-13)14(15(21)22-2)19-18-12-7-5-11(16)6-8-12/h3-10,18H,1-2H3/b17-10+,19-14-. The Hall–Kier alpha value is -2.36. The number of hydrogen-bond acceptors (Lipinski definition) is 6. The van der Waals surface area contributed by atoms with Crippen LogP contribution in [0.1, 0.15) is 5.76 Å². The van der Waals surface area contributed by atoms with Gasteiger partial charge >= 0.3 is 5.97 Å². The SMILES string of the molecule is COC(=O)/C(=N/Nc1ccc(I)cc1)N(C)/N=C/c1ccco1. The number of hydrogen-bond donors (Lipinski definition) is 1. The number of nitrogens with one attached hydrogen (secondary N) is 1. The summed E-state index contributed by atoms with van der Waals surface area (Å²) in [6, 6.07) is 11.0. The summed E-state index contributed by atoms with van der Waals surface area (Å²) in [6.07, 6.45) is 3.01. The van der Waals surface area contributed by atoms with Crippen molar-refractivity contribution in [2.75, 3.05) is 19.6 Å². The summed E-state index contributed by atoms with van der Waals surface area (Å²) in [5, 5.41) is 9.47. The Kier molecular flexibility index (Phi) is 6.15. The second kappa shape index (κ2) is 8.32. The first-order chi connectivity index (χ1) is 11.1. The molecule has 0 radical (unpaired) electrons. The molecule has 120 valence electrons. The highest BCUT2D eigenvalue weighted by Gasteiger charge is 2.17. The van der Waals surface area contributed by atoms with Crippen LogP contribution >= 0.6 is 22.6 Å². The van der Waals surface area contributed by atoms with E-state index in [9.17, 15) is 4.79 Å². The van der Waals surface area contributed by atoms with Crippen LogP contribution in [0.3, 0.4) is 0 Å². The van der Waals surface area contributed by atoms with Gasteiger partial charge in [0.15, 0.2) is 0 Å². The Morgan fingerprint density at radius 1 is 1.35 bits per heavy atom. The molecule has 0 unspecified atom stereocenters. The number of amidine groups is 1. The number of benzene rings is 1. The maximum atomic E-state index is 11.9. The molecule has 1 heterocycles. The van der Waals surface area contributed by atoms with Gasteiger partial charge in [-0.3, -0.25) is 5.43 Å². The fraction of sp³-hybridized carbons (Fsp3) is 0.133. The zero-order chi connectivity index (χ0) is 16.7. The zero-order valence-corrected chi connectivity index (χ0v) is 14.7.